The van der Waals surface area contributed by atoms with Gasteiger partial charge in [-0.05, 0) is 24.6 Å². The van der Waals surface area contributed by atoms with Crippen LogP contribution in [-0.2, 0) is 16.6 Å². The molecule has 2 N–H and O–H groups in total. The monoisotopic (exact) mass is 272 g/mol. The fourth-order valence-corrected chi connectivity index (χ4v) is 2.42. The molecule has 0 saturated carbocycles. The predicted molar refractivity (Wildman–Crippen MR) is 70.7 cm³/mol. The van der Waals surface area contributed by atoms with E-state index in [1.165, 1.54) is 18.4 Å². The average molecular weight is 272 g/mol. The zero-order valence-corrected chi connectivity index (χ0v) is 11.7. The highest BCUT2D eigenvalue weighted by molar-refractivity contribution is 7.89. The number of rotatable bonds is 6. The Morgan fingerprint density at radius 2 is 2.06 bits per heavy atom. The van der Waals surface area contributed by atoms with Crippen LogP contribution in [0, 0.1) is 0 Å². The molecule has 0 radical (unpaired) electrons. The predicted octanol–water partition coefficient (Wildman–Crippen LogP) is 0.407. The Labute approximate surface area is 108 Å². The Bertz CT molecular complexity index is 484. The SMILES string of the molecule is C[C@@H](O)CNCc1cccc(S(=O)(=O)N(C)C)c1. The largest absolute Gasteiger partial charge is 0.392 e. The second-order valence-electron chi connectivity index (χ2n) is 4.41. The number of hydrogen-bond donors (Lipinski definition) is 2. The molecule has 1 rings (SSSR count). The van der Waals surface area contributed by atoms with Gasteiger partial charge in [0, 0.05) is 27.2 Å². The molecule has 18 heavy (non-hydrogen) atoms. The minimum absolute atomic E-state index is 0.281. The molecule has 0 amide bonds. The van der Waals surface area contributed by atoms with E-state index in [0.29, 0.717) is 13.1 Å². The van der Waals surface area contributed by atoms with Crippen LogP contribution in [0.1, 0.15) is 12.5 Å². The van der Waals surface area contributed by atoms with E-state index < -0.39 is 16.1 Å². The van der Waals surface area contributed by atoms with Crippen LogP contribution in [0.5, 0.6) is 0 Å². The number of aliphatic hydroxyl groups is 1. The maximum absolute atomic E-state index is 11.9. The van der Waals surface area contributed by atoms with E-state index >= 15 is 0 Å². The molecule has 0 aliphatic carbocycles. The number of hydrogen-bond acceptors (Lipinski definition) is 4. The van der Waals surface area contributed by atoms with Crippen molar-refractivity contribution in [1.29, 1.82) is 0 Å². The Hall–Kier alpha value is -0.950. The lowest BCUT2D eigenvalue weighted by Gasteiger charge is -2.12. The quantitative estimate of drug-likeness (QED) is 0.787. The van der Waals surface area contributed by atoms with Gasteiger partial charge in [0.1, 0.15) is 0 Å². The Morgan fingerprint density at radius 1 is 1.39 bits per heavy atom. The van der Waals surface area contributed by atoms with Crippen LogP contribution in [0.2, 0.25) is 0 Å². The molecular formula is C12H20N2O3S. The molecule has 1 atom stereocenters. The fraction of sp³-hybridized carbons (Fsp3) is 0.500. The third-order valence-electron chi connectivity index (χ3n) is 2.45. The van der Waals surface area contributed by atoms with E-state index in [9.17, 15) is 8.42 Å². The summed E-state index contributed by atoms with van der Waals surface area (Å²) < 4.78 is 25.1. The lowest BCUT2D eigenvalue weighted by Crippen LogP contribution is -2.24. The summed E-state index contributed by atoms with van der Waals surface area (Å²) in [5.74, 6) is 0. The van der Waals surface area contributed by atoms with Crippen LogP contribution in [-0.4, -0.2) is 44.6 Å². The van der Waals surface area contributed by atoms with Crippen molar-refractivity contribution < 1.29 is 13.5 Å². The Morgan fingerprint density at radius 3 is 2.61 bits per heavy atom. The number of nitrogens with one attached hydrogen (secondary N) is 1. The zero-order chi connectivity index (χ0) is 13.8. The van der Waals surface area contributed by atoms with Crippen molar-refractivity contribution in [2.24, 2.45) is 0 Å². The lowest BCUT2D eigenvalue weighted by molar-refractivity contribution is 0.191. The van der Waals surface area contributed by atoms with E-state index in [1.54, 1.807) is 25.1 Å². The van der Waals surface area contributed by atoms with E-state index in [0.717, 1.165) is 5.56 Å². The summed E-state index contributed by atoms with van der Waals surface area (Å²) in [6.07, 6.45) is -0.418. The normalized spacial score (nSPS) is 13.8. The maximum atomic E-state index is 11.9. The molecule has 1 aromatic carbocycles. The van der Waals surface area contributed by atoms with Crippen LogP contribution < -0.4 is 5.32 Å². The minimum Gasteiger partial charge on any atom is -0.392 e. The van der Waals surface area contributed by atoms with Gasteiger partial charge < -0.3 is 10.4 Å². The van der Waals surface area contributed by atoms with Crippen LogP contribution >= 0.6 is 0 Å². The van der Waals surface area contributed by atoms with Gasteiger partial charge in [-0.25, -0.2) is 12.7 Å². The van der Waals surface area contributed by atoms with E-state index in [4.69, 9.17) is 5.11 Å². The molecule has 0 fully saturated rings. The molecule has 0 aromatic heterocycles. The van der Waals surface area contributed by atoms with Gasteiger partial charge in [-0.3, -0.25) is 0 Å². The van der Waals surface area contributed by atoms with Gasteiger partial charge in [0.15, 0.2) is 0 Å². The van der Waals surface area contributed by atoms with Gasteiger partial charge in [0.25, 0.3) is 0 Å². The lowest BCUT2D eigenvalue weighted by atomic mass is 10.2. The van der Waals surface area contributed by atoms with Gasteiger partial charge in [-0.1, -0.05) is 12.1 Å². The Kier molecular flexibility index (Phi) is 5.28. The summed E-state index contributed by atoms with van der Waals surface area (Å²) >= 11 is 0. The molecular weight excluding hydrogens is 252 g/mol. The summed E-state index contributed by atoms with van der Waals surface area (Å²) in [5, 5.41) is 12.2. The third kappa shape index (κ3) is 4.06. The van der Waals surface area contributed by atoms with Gasteiger partial charge in [-0.2, -0.15) is 0 Å². The minimum atomic E-state index is -3.38. The number of nitrogens with zero attached hydrogens (tertiary/aromatic N) is 1. The van der Waals surface area contributed by atoms with Crippen LogP contribution in [0.4, 0.5) is 0 Å². The molecule has 0 heterocycles. The summed E-state index contributed by atoms with van der Waals surface area (Å²) in [5.41, 5.74) is 0.874. The summed E-state index contributed by atoms with van der Waals surface area (Å²) in [7, 11) is -0.369. The molecule has 0 saturated heterocycles. The van der Waals surface area contributed by atoms with Crippen LogP contribution in [0.3, 0.4) is 0 Å². The van der Waals surface area contributed by atoms with Crippen molar-refractivity contribution in [3.63, 3.8) is 0 Å². The standard InChI is InChI=1S/C12H20N2O3S/c1-10(15)8-13-9-11-5-4-6-12(7-11)18(16,17)14(2)3/h4-7,10,13,15H,8-9H2,1-3H3/t10-/m1/s1. The smallest absolute Gasteiger partial charge is 0.242 e. The molecule has 0 aliphatic rings. The highest BCUT2D eigenvalue weighted by Crippen LogP contribution is 2.14. The first-order valence-electron chi connectivity index (χ1n) is 5.74. The van der Waals surface area contributed by atoms with Gasteiger partial charge in [0.2, 0.25) is 10.0 Å². The summed E-state index contributed by atoms with van der Waals surface area (Å²) in [6.45, 7) is 2.70. The first-order valence-corrected chi connectivity index (χ1v) is 7.18. The molecule has 102 valence electrons. The van der Waals surface area contributed by atoms with Crippen molar-refractivity contribution in [1.82, 2.24) is 9.62 Å². The average Bonchev–Trinajstić information content (AvgIpc) is 2.28. The number of sulfonamides is 1. The first kappa shape index (κ1) is 15.1. The second kappa shape index (κ2) is 6.29. The molecule has 6 heteroatoms. The van der Waals surface area contributed by atoms with Gasteiger partial charge in [-0.15, -0.1) is 0 Å². The summed E-state index contributed by atoms with van der Waals surface area (Å²) in [6, 6.07) is 6.79. The molecule has 0 bridgehead atoms. The molecule has 0 spiro atoms. The van der Waals surface area contributed by atoms with Crippen LogP contribution in [0.25, 0.3) is 0 Å². The second-order valence-corrected chi connectivity index (χ2v) is 6.57. The number of aliphatic hydroxyl groups excluding tert-OH is 1. The molecule has 0 aliphatic heterocycles. The maximum Gasteiger partial charge on any atom is 0.242 e. The van der Waals surface area contributed by atoms with Gasteiger partial charge >= 0.3 is 0 Å². The van der Waals surface area contributed by atoms with Crippen molar-refractivity contribution >= 4 is 10.0 Å². The highest BCUT2D eigenvalue weighted by Gasteiger charge is 2.16. The van der Waals surface area contributed by atoms with Crippen molar-refractivity contribution in [2.45, 2.75) is 24.5 Å². The fourth-order valence-electron chi connectivity index (χ4n) is 1.45. The van der Waals surface area contributed by atoms with Gasteiger partial charge in [0.05, 0.1) is 11.0 Å². The van der Waals surface area contributed by atoms with E-state index in [2.05, 4.69) is 5.32 Å². The van der Waals surface area contributed by atoms with E-state index in [-0.39, 0.29) is 4.90 Å². The van der Waals surface area contributed by atoms with Crippen molar-refractivity contribution in [3.05, 3.63) is 29.8 Å². The summed E-state index contributed by atoms with van der Waals surface area (Å²) in [4.78, 5) is 0.281. The topological polar surface area (TPSA) is 69.6 Å². The third-order valence-corrected chi connectivity index (χ3v) is 4.26. The first-order chi connectivity index (χ1) is 8.34. The Balaban J connectivity index is 2.80. The highest BCUT2D eigenvalue weighted by atomic mass is 32.2. The van der Waals surface area contributed by atoms with Crippen molar-refractivity contribution in [3.8, 4) is 0 Å². The van der Waals surface area contributed by atoms with E-state index in [1.807, 2.05) is 6.07 Å². The van der Waals surface area contributed by atoms with Crippen molar-refractivity contribution in [2.75, 3.05) is 20.6 Å². The number of benzene rings is 1. The molecule has 1 aromatic rings. The zero-order valence-electron chi connectivity index (χ0n) is 10.9. The molecule has 0 unspecified atom stereocenters. The van der Waals surface area contributed by atoms with Crippen LogP contribution in [0.15, 0.2) is 29.2 Å². The molecule has 5 nitrogen and oxygen atoms in total.